The van der Waals surface area contributed by atoms with Crippen LogP contribution < -0.4 is 0 Å². The minimum Gasteiger partial charge on any atom is -0.117 e. The Morgan fingerprint density at radius 3 is 2.22 bits per heavy atom. The van der Waals surface area contributed by atoms with Crippen LogP contribution in [0.3, 0.4) is 0 Å². The molecule has 94 valence electrons. The maximum atomic E-state index is 6.51. The molecule has 0 aromatic heterocycles. The Balaban J connectivity index is 2.16. The first kappa shape index (κ1) is 14.1. The van der Waals surface area contributed by atoms with Crippen molar-refractivity contribution in [3.63, 3.8) is 0 Å². The van der Waals surface area contributed by atoms with Gasteiger partial charge in [-0.05, 0) is 54.3 Å². The molecule has 0 aliphatic heterocycles. The lowest BCUT2D eigenvalue weighted by molar-refractivity contribution is 0.909. The third-order valence-electron chi connectivity index (χ3n) is 2.90. The molecule has 0 aliphatic carbocycles. The molecule has 2 aromatic carbocycles. The second-order valence-corrected chi connectivity index (χ2v) is 6.66. The van der Waals surface area contributed by atoms with Gasteiger partial charge in [0.15, 0.2) is 0 Å². The van der Waals surface area contributed by atoms with Crippen molar-refractivity contribution in [3.05, 3.63) is 68.1 Å². The second-order valence-electron chi connectivity index (χ2n) is 4.30. The van der Waals surface area contributed by atoms with Crippen LogP contribution in [0.2, 0.25) is 0 Å². The predicted octanol–water partition coefficient (Wildman–Crippen LogP) is 6.04. The van der Waals surface area contributed by atoms with E-state index in [-0.39, 0.29) is 5.38 Å². The van der Waals surface area contributed by atoms with Crippen molar-refractivity contribution in [1.29, 1.82) is 0 Å². The Kier molecular flexibility index (Phi) is 4.88. The predicted molar refractivity (Wildman–Crippen MR) is 85.3 cm³/mol. The molecular formula is C15H13Br2Cl. The van der Waals surface area contributed by atoms with Gasteiger partial charge in [-0.3, -0.25) is 0 Å². The number of alkyl halides is 1. The smallest absolute Gasteiger partial charge is 0.0628 e. The van der Waals surface area contributed by atoms with Gasteiger partial charge in [0.1, 0.15) is 0 Å². The summed E-state index contributed by atoms with van der Waals surface area (Å²) in [6, 6.07) is 14.5. The maximum absolute atomic E-state index is 6.51. The second kappa shape index (κ2) is 6.23. The quantitative estimate of drug-likeness (QED) is 0.562. The number of benzene rings is 2. The molecule has 0 amide bonds. The molecule has 0 N–H and O–H groups in total. The monoisotopic (exact) mass is 386 g/mol. The van der Waals surface area contributed by atoms with Gasteiger partial charge < -0.3 is 0 Å². The minimum atomic E-state index is 0.0132. The van der Waals surface area contributed by atoms with Crippen molar-refractivity contribution in [1.82, 2.24) is 0 Å². The molecule has 0 bridgehead atoms. The third kappa shape index (κ3) is 3.59. The summed E-state index contributed by atoms with van der Waals surface area (Å²) in [5, 5.41) is 0.0132. The van der Waals surface area contributed by atoms with E-state index in [1.807, 2.05) is 18.2 Å². The average Bonchev–Trinajstić information content (AvgIpc) is 2.32. The number of hydrogen-bond acceptors (Lipinski definition) is 0. The summed E-state index contributed by atoms with van der Waals surface area (Å²) in [7, 11) is 0. The Morgan fingerprint density at radius 1 is 1.00 bits per heavy atom. The Morgan fingerprint density at radius 2 is 1.61 bits per heavy atom. The Bertz CT molecular complexity index is 535. The number of rotatable bonds is 3. The van der Waals surface area contributed by atoms with Crippen LogP contribution in [0.4, 0.5) is 0 Å². The van der Waals surface area contributed by atoms with Gasteiger partial charge in [0, 0.05) is 8.95 Å². The lowest BCUT2D eigenvalue weighted by Gasteiger charge is -2.13. The first-order chi connectivity index (χ1) is 8.56. The molecule has 0 heterocycles. The summed E-state index contributed by atoms with van der Waals surface area (Å²) in [5.74, 6) is 0. The van der Waals surface area contributed by atoms with Crippen LogP contribution in [0.25, 0.3) is 0 Å². The van der Waals surface area contributed by atoms with Crippen LogP contribution in [-0.4, -0.2) is 0 Å². The Hall–Kier alpha value is -0.310. The summed E-state index contributed by atoms with van der Waals surface area (Å²) in [5.41, 5.74) is 3.67. The van der Waals surface area contributed by atoms with Crippen molar-refractivity contribution in [3.8, 4) is 0 Å². The maximum Gasteiger partial charge on any atom is 0.0628 e. The van der Waals surface area contributed by atoms with Crippen molar-refractivity contribution >= 4 is 43.5 Å². The first-order valence-corrected chi connectivity index (χ1v) is 7.73. The van der Waals surface area contributed by atoms with Gasteiger partial charge in [-0.15, -0.1) is 11.6 Å². The molecule has 0 aliphatic rings. The molecule has 18 heavy (non-hydrogen) atoms. The van der Waals surface area contributed by atoms with E-state index in [0.29, 0.717) is 0 Å². The normalized spacial score (nSPS) is 12.4. The lowest BCUT2D eigenvalue weighted by Crippen LogP contribution is -1.98. The van der Waals surface area contributed by atoms with Crippen molar-refractivity contribution in [2.24, 2.45) is 0 Å². The van der Waals surface area contributed by atoms with Gasteiger partial charge in [0.05, 0.1) is 5.38 Å². The average molecular weight is 389 g/mol. The highest BCUT2D eigenvalue weighted by atomic mass is 79.9. The zero-order valence-corrected chi connectivity index (χ0v) is 13.9. The summed E-state index contributed by atoms with van der Waals surface area (Å²) < 4.78 is 2.19. The van der Waals surface area contributed by atoms with Gasteiger partial charge in [-0.1, -0.05) is 50.1 Å². The largest absolute Gasteiger partial charge is 0.117 e. The van der Waals surface area contributed by atoms with Crippen LogP contribution in [0.15, 0.2) is 51.4 Å². The van der Waals surface area contributed by atoms with Crippen LogP contribution in [0, 0.1) is 6.92 Å². The highest BCUT2D eigenvalue weighted by Gasteiger charge is 2.11. The lowest BCUT2D eigenvalue weighted by atomic mass is 10.0. The van der Waals surface area contributed by atoms with E-state index in [9.17, 15) is 0 Å². The van der Waals surface area contributed by atoms with E-state index in [1.165, 1.54) is 16.7 Å². The highest BCUT2D eigenvalue weighted by molar-refractivity contribution is 9.10. The number of halogens is 3. The molecule has 0 fully saturated rings. The van der Waals surface area contributed by atoms with Gasteiger partial charge in [-0.2, -0.15) is 0 Å². The van der Waals surface area contributed by atoms with Crippen molar-refractivity contribution in [2.75, 3.05) is 0 Å². The SMILES string of the molecule is Cc1cc(Br)ccc1C(Cl)Cc1ccc(Br)cc1. The van der Waals surface area contributed by atoms with Crippen LogP contribution in [0.1, 0.15) is 22.1 Å². The van der Waals surface area contributed by atoms with Gasteiger partial charge in [0.25, 0.3) is 0 Å². The van der Waals surface area contributed by atoms with E-state index < -0.39 is 0 Å². The van der Waals surface area contributed by atoms with E-state index in [2.05, 4.69) is 63.0 Å². The molecule has 2 aromatic rings. The molecule has 2 rings (SSSR count). The van der Waals surface area contributed by atoms with Crippen LogP contribution in [0.5, 0.6) is 0 Å². The van der Waals surface area contributed by atoms with E-state index in [0.717, 1.165) is 15.4 Å². The molecule has 1 unspecified atom stereocenters. The first-order valence-electron chi connectivity index (χ1n) is 5.71. The molecule has 3 heteroatoms. The summed E-state index contributed by atoms with van der Waals surface area (Å²) in [6.07, 6.45) is 0.845. The zero-order valence-electron chi connectivity index (χ0n) is 9.96. The van der Waals surface area contributed by atoms with E-state index >= 15 is 0 Å². The zero-order chi connectivity index (χ0) is 13.1. The fraction of sp³-hybridized carbons (Fsp3) is 0.200. The molecule has 1 atom stereocenters. The fourth-order valence-electron chi connectivity index (χ4n) is 1.93. The van der Waals surface area contributed by atoms with Gasteiger partial charge >= 0.3 is 0 Å². The standard InChI is InChI=1S/C15H13Br2Cl/c1-10-8-13(17)6-7-14(10)15(18)9-11-2-4-12(16)5-3-11/h2-8,15H,9H2,1H3. The van der Waals surface area contributed by atoms with Gasteiger partial charge in [-0.25, -0.2) is 0 Å². The van der Waals surface area contributed by atoms with Crippen molar-refractivity contribution < 1.29 is 0 Å². The molecule has 0 saturated carbocycles. The summed E-state index contributed by atoms with van der Waals surface area (Å²) in [4.78, 5) is 0. The fourth-order valence-corrected chi connectivity index (χ4v) is 3.09. The summed E-state index contributed by atoms with van der Waals surface area (Å²) in [6.45, 7) is 2.09. The van der Waals surface area contributed by atoms with E-state index in [4.69, 9.17) is 11.6 Å². The van der Waals surface area contributed by atoms with Crippen LogP contribution >= 0.6 is 43.5 Å². The minimum absolute atomic E-state index is 0.0132. The Labute approximate surface area is 130 Å². The molecule has 0 nitrogen and oxygen atoms in total. The summed E-state index contributed by atoms with van der Waals surface area (Å²) >= 11 is 13.4. The highest BCUT2D eigenvalue weighted by Crippen LogP contribution is 2.29. The number of aryl methyl sites for hydroxylation is 1. The molecular weight excluding hydrogens is 375 g/mol. The topological polar surface area (TPSA) is 0 Å². The van der Waals surface area contributed by atoms with Crippen molar-refractivity contribution in [2.45, 2.75) is 18.7 Å². The third-order valence-corrected chi connectivity index (χ3v) is 4.31. The molecule has 0 radical (unpaired) electrons. The van der Waals surface area contributed by atoms with E-state index in [1.54, 1.807) is 0 Å². The van der Waals surface area contributed by atoms with Gasteiger partial charge in [0.2, 0.25) is 0 Å². The number of hydrogen-bond donors (Lipinski definition) is 0. The molecule has 0 saturated heterocycles. The molecule has 0 spiro atoms. The van der Waals surface area contributed by atoms with Crippen LogP contribution in [-0.2, 0) is 6.42 Å².